The zero-order chi connectivity index (χ0) is 21.4. The van der Waals surface area contributed by atoms with Crippen LogP contribution in [-0.4, -0.2) is 27.8 Å². The Morgan fingerprint density at radius 2 is 1.74 bits per heavy atom. The van der Waals surface area contributed by atoms with Crippen molar-refractivity contribution < 1.29 is 4.79 Å². The van der Waals surface area contributed by atoms with Crippen molar-refractivity contribution >= 4 is 45.9 Å². The SMILES string of the molecule is O=C(CSc1nc2ccccc2c(=O)n1-c1ccc(Cl)cc1)N1CCc2ccccc21. The number of carbonyl (C=O) groups is 1. The molecule has 0 saturated heterocycles. The molecule has 1 aromatic heterocycles. The van der Waals surface area contributed by atoms with Crippen molar-refractivity contribution in [1.29, 1.82) is 0 Å². The molecule has 0 radical (unpaired) electrons. The van der Waals surface area contributed by atoms with Gasteiger partial charge in [-0.05, 0) is 54.4 Å². The van der Waals surface area contributed by atoms with Crippen molar-refractivity contribution in [3.8, 4) is 5.69 Å². The number of aromatic nitrogens is 2. The summed E-state index contributed by atoms with van der Waals surface area (Å²) in [6.07, 6.45) is 0.857. The van der Waals surface area contributed by atoms with Crippen LogP contribution in [0, 0.1) is 0 Å². The smallest absolute Gasteiger partial charge is 0.266 e. The maximum Gasteiger partial charge on any atom is 0.266 e. The molecule has 0 bridgehead atoms. The molecule has 0 spiro atoms. The Morgan fingerprint density at radius 1 is 1.00 bits per heavy atom. The average molecular weight is 448 g/mol. The molecule has 5 rings (SSSR count). The molecule has 0 fully saturated rings. The number of halogens is 1. The molecular weight excluding hydrogens is 430 g/mol. The molecule has 3 aromatic carbocycles. The Bertz CT molecular complexity index is 1350. The van der Waals surface area contributed by atoms with E-state index in [-0.39, 0.29) is 17.2 Å². The van der Waals surface area contributed by atoms with E-state index in [0.29, 0.717) is 33.3 Å². The lowest BCUT2D eigenvalue weighted by molar-refractivity contribution is -0.116. The number of hydrogen-bond donors (Lipinski definition) is 0. The Labute approximate surface area is 188 Å². The standard InChI is InChI=1S/C24H18ClN3O2S/c25-17-9-11-18(12-10-17)28-23(30)19-6-2-3-7-20(19)26-24(28)31-15-22(29)27-14-13-16-5-1-4-8-21(16)27/h1-12H,13-15H2. The van der Waals surface area contributed by atoms with E-state index in [1.54, 1.807) is 34.9 Å². The highest BCUT2D eigenvalue weighted by molar-refractivity contribution is 7.99. The number of benzene rings is 3. The third-order valence-electron chi connectivity index (χ3n) is 5.34. The number of rotatable bonds is 4. The zero-order valence-corrected chi connectivity index (χ0v) is 18.1. The third-order valence-corrected chi connectivity index (χ3v) is 6.52. The Morgan fingerprint density at radius 3 is 2.58 bits per heavy atom. The quantitative estimate of drug-likeness (QED) is 0.335. The van der Waals surface area contributed by atoms with Crippen LogP contribution in [0.3, 0.4) is 0 Å². The number of fused-ring (bicyclic) bond motifs is 2. The van der Waals surface area contributed by atoms with Gasteiger partial charge in [0.2, 0.25) is 5.91 Å². The zero-order valence-electron chi connectivity index (χ0n) is 16.5. The molecule has 1 aliphatic heterocycles. The third kappa shape index (κ3) is 3.73. The summed E-state index contributed by atoms with van der Waals surface area (Å²) in [7, 11) is 0. The maximum atomic E-state index is 13.3. The normalized spacial score (nSPS) is 12.9. The minimum atomic E-state index is -0.172. The van der Waals surface area contributed by atoms with Crippen molar-refractivity contribution in [2.45, 2.75) is 11.6 Å². The Hall–Kier alpha value is -3.09. The first-order valence-electron chi connectivity index (χ1n) is 9.90. The highest BCUT2D eigenvalue weighted by Gasteiger charge is 2.25. The summed E-state index contributed by atoms with van der Waals surface area (Å²) < 4.78 is 1.55. The molecule has 154 valence electrons. The van der Waals surface area contributed by atoms with E-state index < -0.39 is 0 Å². The topological polar surface area (TPSA) is 55.2 Å². The second-order valence-corrected chi connectivity index (χ2v) is 8.62. The molecule has 5 nitrogen and oxygen atoms in total. The molecule has 0 saturated carbocycles. The molecular formula is C24H18ClN3O2S. The first-order chi connectivity index (χ1) is 15.1. The fraction of sp³-hybridized carbons (Fsp3) is 0.125. The fourth-order valence-electron chi connectivity index (χ4n) is 3.83. The van der Waals surface area contributed by atoms with Gasteiger partial charge in [0.25, 0.3) is 5.56 Å². The lowest BCUT2D eigenvalue weighted by atomic mass is 10.2. The van der Waals surface area contributed by atoms with Crippen LogP contribution in [-0.2, 0) is 11.2 Å². The number of amides is 1. The number of carbonyl (C=O) groups excluding carboxylic acids is 1. The van der Waals surface area contributed by atoms with Crippen LogP contribution < -0.4 is 10.5 Å². The maximum absolute atomic E-state index is 13.3. The highest BCUT2D eigenvalue weighted by Crippen LogP contribution is 2.29. The number of nitrogens with zero attached hydrogens (tertiary/aromatic N) is 3. The summed E-state index contributed by atoms with van der Waals surface area (Å²) in [4.78, 5) is 32.8. The van der Waals surface area contributed by atoms with Crippen molar-refractivity contribution in [2.24, 2.45) is 0 Å². The summed E-state index contributed by atoms with van der Waals surface area (Å²) in [6, 6.07) is 22.2. The lowest BCUT2D eigenvalue weighted by Gasteiger charge is -2.18. The molecule has 7 heteroatoms. The van der Waals surface area contributed by atoms with Crippen molar-refractivity contribution in [3.63, 3.8) is 0 Å². The van der Waals surface area contributed by atoms with Gasteiger partial charge in [0, 0.05) is 17.3 Å². The minimum Gasteiger partial charge on any atom is -0.311 e. The van der Waals surface area contributed by atoms with Gasteiger partial charge >= 0.3 is 0 Å². The molecule has 1 aliphatic rings. The second-order valence-electron chi connectivity index (χ2n) is 7.24. The van der Waals surface area contributed by atoms with E-state index in [1.165, 1.54) is 17.3 Å². The number of para-hydroxylation sites is 2. The monoisotopic (exact) mass is 447 g/mol. The largest absolute Gasteiger partial charge is 0.311 e. The molecule has 0 aliphatic carbocycles. The summed E-state index contributed by atoms with van der Waals surface area (Å²) in [5.74, 6) is 0.187. The van der Waals surface area contributed by atoms with Crippen LogP contribution in [0.15, 0.2) is 82.7 Å². The molecule has 0 unspecified atom stereocenters. The average Bonchev–Trinajstić information content (AvgIpc) is 3.23. The van der Waals surface area contributed by atoms with Crippen molar-refractivity contribution in [3.05, 3.63) is 93.7 Å². The van der Waals surface area contributed by atoms with Gasteiger partial charge in [0.05, 0.1) is 22.3 Å². The molecule has 31 heavy (non-hydrogen) atoms. The van der Waals surface area contributed by atoms with Gasteiger partial charge in [-0.2, -0.15) is 0 Å². The predicted molar refractivity (Wildman–Crippen MR) is 126 cm³/mol. The summed E-state index contributed by atoms with van der Waals surface area (Å²) >= 11 is 7.30. The lowest BCUT2D eigenvalue weighted by Crippen LogP contribution is -2.31. The first kappa shape index (κ1) is 19.8. The van der Waals surface area contributed by atoms with Crippen LogP contribution in [0.5, 0.6) is 0 Å². The van der Waals surface area contributed by atoms with Crippen LogP contribution in [0.25, 0.3) is 16.6 Å². The van der Waals surface area contributed by atoms with Gasteiger partial charge in [-0.3, -0.25) is 14.2 Å². The van der Waals surface area contributed by atoms with Crippen molar-refractivity contribution in [2.75, 3.05) is 17.2 Å². The summed E-state index contributed by atoms with van der Waals surface area (Å²) in [5, 5.41) is 1.59. The van der Waals surface area contributed by atoms with Gasteiger partial charge in [-0.25, -0.2) is 4.98 Å². The molecule has 2 heterocycles. The van der Waals surface area contributed by atoms with E-state index in [4.69, 9.17) is 16.6 Å². The van der Waals surface area contributed by atoms with Crippen LogP contribution in [0.4, 0.5) is 5.69 Å². The minimum absolute atomic E-state index is 0.0000127. The van der Waals surface area contributed by atoms with Crippen LogP contribution in [0.1, 0.15) is 5.56 Å². The van der Waals surface area contributed by atoms with E-state index in [1.807, 2.05) is 41.3 Å². The predicted octanol–water partition coefficient (Wildman–Crippen LogP) is 4.72. The van der Waals surface area contributed by atoms with Gasteiger partial charge in [0.1, 0.15) is 0 Å². The van der Waals surface area contributed by atoms with E-state index in [0.717, 1.165) is 12.1 Å². The van der Waals surface area contributed by atoms with Crippen LogP contribution in [0.2, 0.25) is 5.02 Å². The molecule has 0 atom stereocenters. The van der Waals surface area contributed by atoms with Gasteiger partial charge < -0.3 is 4.90 Å². The van der Waals surface area contributed by atoms with E-state index in [9.17, 15) is 9.59 Å². The number of anilines is 1. The highest BCUT2D eigenvalue weighted by atomic mass is 35.5. The second kappa shape index (κ2) is 8.21. The van der Waals surface area contributed by atoms with Gasteiger partial charge in [-0.15, -0.1) is 0 Å². The Kier molecular flexibility index (Phi) is 5.26. The fourth-order valence-corrected chi connectivity index (χ4v) is 4.84. The van der Waals surface area contributed by atoms with Crippen molar-refractivity contribution in [1.82, 2.24) is 9.55 Å². The van der Waals surface area contributed by atoms with Gasteiger partial charge in [0.15, 0.2) is 5.16 Å². The number of hydrogen-bond acceptors (Lipinski definition) is 4. The first-order valence-corrected chi connectivity index (χ1v) is 11.3. The van der Waals surface area contributed by atoms with Crippen LogP contribution >= 0.6 is 23.4 Å². The summed E-state index contributed by atoms with van der Waals surface area (Å²) in [5.41, 5.74) is 3.25. The molecule has 1 amide bonds. The Balaban J connectivity index is 1.50. The number of thioether (sulfide) groups is 1. The van der Waals surface area contributed by atoms with E-state index >= 15 is 0 Å². The van der Waals surface area contributed by atoms with E-state index in [2.05, 4.69) is 6.07 Å². The summed E-state index contributed by atoms with van der Waals surface area (Å²) in [6.45, 7) is 0.674. The molecule has 0 N–H and O–H groups in total. The molecule has 4 aromatic rings. The van der Waals surface area contributed by atoms with Gasteiger partial charge in [-0.1, -0.05) is 53.7 Å².